The molecule has 6 heteroatoms. The summed E-state index contributed by atoms with van der Waals surface area (Å²) in [5.41, 5.74) is 5.12. The zero-order valence-electron chi connectivity index (χ0n) is 13.6. The second-order valence-corrected chi connectivity index (χ2v) is 5.75. The number of hydrogen-bond acceptors (Lipinski definition) is 4. The van der Waals surface area contributed by atoms with Crippen molar-refractivity contribution in [2.45, 2.75) is 26.8 Å². The average molecular weight is 312 g/mol. The monoisotopic (exact) mass is 312 g/mol. The smallest absolute Gasteiger partial charge is 0.323 e. The molecule has 2 heterocycles. The molecule has 120 valence electrons. The molecule has 0 saturated heterocycles. The molecule has 0 unspecified atom stereocenters. The molecular formula is C17H20N4O2. The second-order valence-electron chi connectivity index (χ2n) is 5.75. The fraction of sp³-hybridized carbons (Fsp3) is 0.353. The lowest BCUT2D eigenvalue weighted by atomic mass is 9.93. The first kappa shape index (κ1) is 15.3. The van der Waals surface area contributed by atoms with Gasteiger partial charge >= 0.3 is 12.0 Å². The Kier molecular flexibility index (Phi) is 4.14. The van der Waals surface area contributed by atoms with E-state index in [0.717, 1.165) is 6.42 Å². The highest BCUT2D eigenvalue weighted by molar-refractivity contribution is 5.88. The minimum atomic E-state index is -0.157. The lowest BCUT2D eigenvalue weighted by Gasteiger charge is -2.30. The molecule has 1 aliphatic rings. The van der Waals surface area contributed by atoms with Gasteiger partial charge in [0, 0.05) is 19.3 Å². The third-order valence-electron chi connectivity index (χ3n) is 4.04. The number of benzene rings is 1. The van der Waals surface area contributed by atoms with Crippen LogP contribution in [0, 0.1) is 13.8 Å². The molecule has 1 aromatic heterocycles. The van der Waals surface area contributed by atoms with E-state index in [1.807, 2.05) is 0 Å². The summed E-state index contributed by atoms with van der Waals surface area (Å²) in [5, 5.41) is 2.80. The molecule has 3 rings (SSSR count). The molecule has 0 atom stereocenters. The number of carbonyl (C=O) groups excluding carboxylic acids is 1. The van der Waals surface area contributed by atoms with Crippen molar-refractivity contribution >= 4 is 11.8 Å². The van der Waals surface area contributed by atoms with E-state index < -0.39 is 0 Å². The van der Waals surface area contributed by atoms with E-state index in [4.69, 9.17) is 4.74 Å². The number of aromatic nitrogens is 2. The quantitative estimate of drug-likeness (QED) is 0.926. The molecule has 0 radical (unpaired) electrons. The highest BCUT2D eigenvalue weighted by atomic mass is 16.5. The van der Waals surface area contributed by atoms with Crippen LogP contribution in [0.4, 0.5) is 10.6 Å². The maximum Gasteiger partial charge on any atom is 0.323 e. The summed E-state index contributed by atoms with van der Waals surface area (Å²) in [6.07, 6.45) is 2.43. The van der Waals surface area contributed by atoms with E-state index in [0.29, 0.717) is 18.9 Å². The van der Waals surface area contributed by atoms with Crippen molar-refractivity contribution in [3.8, 4) is 6.01 Å². The van der Waals surface area contributed by atoms with Gasteiger partial charge in [-0.2, -0.15) is 4.98 Å². The van der Waals surface area contributed by atoms with Gasteiger partial charge in [-0.3, -0.25) is 5.32 Å². The van der Waals surface area contributed by atoms with Crippen molar-refractivity contribution < 1.29 is 9.53 Å². The number of fused-ring (bicyclic) bond motifs is 1. The molecule has 2 amide bonds. The topological polar surface area (TPSA) is 67.3 Å². The Bertz CT molecular complexity index is 745. The maximum absolute atomic E-state index is 12.5. The van der Waals surface area contributed by atoms with Gasteiger partial charge in [0.15, 0.2) is 0 Å². The van der Waals surface area contributed by atoms with Crippen molar-refractivity contribution in [3.63, 3.8) is 0 Å². The van der Waals surface area contributed by atoms with Crippen LogP contribution in [0.15, 0.2) is 24.4 Å². The van der Waals surface area contributed by atoms with Crippen LogP contribution < -0.4 is 10.1 Å². The van der Waals surface area contributed by atoms with E-state index in [9.17, 15) is 4.79 Å². The van der Waals surface area contributed by atoms with Gasteiger partial charge in [0.1, 0.15) is 5.82 Å². The minimum Gasteiger partial charge on any atom is -0.467 e. The molecule has 1 aliphatic heterocycles. The summed E-state index contributed by atoms with van der Waals surface area (Å²) >= 11 is 0. The van der Waals surface area contributed by atoms with Gasteiger partial charge in [-0.1, -0.05) is 17.7 Å². The molecule has 0 spiro atoms. The Hall–Kier alpha value is -2.63. The van der Waals surface area contributed by atoms with E-state index in [1.165, 1.54) is 29.4 Å². The summed E-state index contributed by atoms with van der Waals surface area (Å²) < 4.78 is 4.97. The van der Waals surface area contributed by atoms with Crippen LogP contribution in [0.3, 0.4) is 0 Å². The number of methoxy groups -OCH3 is 1. The molecule has 2 aromatic rings. The third kappa shape index (κ3) is 3.26. The Balaban J connectivity index is 1.74. The number of aryl methyl sites for hydroxylation is 2. The van der Waals surface area contributed by atoms with Crippen LogP contribution in [0.5, 0.6) is 6.01 Å². The Morgan fingerprint density at radius 1 is 1.35 bits per heavy atom. The Morgan fingerprint density at radius 3 is 2.96 bits per heavy atom. The van der Waals surface area contributed by atoms with Crippen LogP contribution in [0.2, 0.25) is 0 Å². The zero-order chi connectivity index (χ0) is 16.4. The Labute approximate surface area is 135 Å². The van der Waals surface area contributed by atoms with Crippen LogP contribution in [-0.2, 0) is 13.0 Å². The van der Waals surface area contributed by atoms with E-state index in [1.54, 1.807) is 17.2 Å². The maximum atomic E-state index is 12.5. The second kappa shape index (κ2) is 6.24. The van der Waals surface area contributed by atoms with E-state index in [-0.39, 0.29) is 12.0 Å². The number of carbonyl (C=O) groups is 1. The molecule has 0 aliphatic carbocycles. The van der Waals surface area contributed by atoms with Gasteiger partial charge in [-0.05, 0) is 43.0 Å². The fourth-order valence-electron chi connectivity index (χ4n) is 2.99. The number of rotatable bonds is 2. The normalized spacial score (nSPS) is 13.4. The van der Waals surface area contributed by atoms with E-state index >= 15 is 0 Å². The molecule has 6 nitrogen and oxygen atoms in total. The SMILES string of the molecule is COc1nccc(NC(=O)N2CCc3c(C)cc(C)cc3C2)n1. The number of hydrogen-bond donors (Lipinski definition) is 1. The van der Waals surface area contributed by atoms with Crippen LogP contribution in [0.1, 0.15) is 22.3 Å². The van der Waals surface area contributed by atoms with Crippen molar-refractivity contribution in [2.24, 2.45) is 0 Å². The van der Waals surface area contributed by atoms with Crippen molar-refractivity contribution in [3.05, 3.63) is 46.6 Å². The van der Waals surface area contributed by atoms with Crippen molar-refractivity contribution in [1.82, 2.24) is 14.9 Å². The van der Waals surface area contributed by atoms with Gasteiger partial charge in [0.2, 0.25) is 0 Å². The molecule has 0 fully saturated rings. The number of urea groups is 1. The highest BCUT2D eigenvalue weighted by Crippen LogP contribution is 2.24. The predicted molar refractivity (Wildman–Crippen MR) is 87.6 cm³/mol. The molecule has 1 aromatic carbocycles. The average Bonchev–Trinajstić information content (AvgIpc) is 2.54. The first-order chi connectivity index (χ1) is 11.1. The molecule has 1 N–H and O–H groups in total. The number of ether oxygens (including phenoxy) is 1. The fourth-order valence-corrected chi connectivity index (χ4v) is 2.99. The van der Waals surface area contributed by atoms with Gasteiger partial charge < -0.3 is 9.64 Å². The molecule has 0 saturated carbocycles. The van der Waals surface area contributed by atoms with Crippen molar-refractivity contribution in [2.75, 3.05) is 19.0 Å². The van der Waals surface area contributed by atoms with Gasteiger partial charge in [-0.25, -0.2) is 9.78 Å². The number of amides is 2. The van der Waals surface area contributed by atoms with Crippen molar-refractivity contribution in [1.29, 1.82) is 0 Å². The lowest BCUT2D eigenvalue weighted by molar-refractivity contribution is 0.206. The number of nitrogens with zero attached hydrogens (tertiary/aromatic N) is 3. The molecule has 0 bridgehead atoms. The summed E-state index contributed by atoms with van der Waals surface area (Å²) in [6.45, 7) is 5.53. The Morgan fingerprint density at radius 2 is 2.17 bits per heavy atom. The number of nitrogens with one attached hydrogen (secondary N) is 1. The van der Waals surface area contributed by atoms with Crippen LogP contribution >= 0.6 is 0 Å². The highest BCUT2D eigenvalue weighted by Gasteiger charge is 2.22. The molecular weight excluding hydrogens is 292 g/mol. The van der Waals surface area contributed by atoms with Gasteiger partial charge in [0.05, 0.1) is 7.11 Å². The first-order valence-corrected chi connectivity index (χ1v) is 7.59. The largest absolute Gasteiger partial charge is 0.467 e. The zero-order valence-corrected chi connectivity index (χ0v) is 13.6. The predicted octanol–water partition coefficient (Wildman–Crippen LogP) is 2.69. The summed E-state index contributed by atoms with van der Waals surface area (Å²) in [7, 11) is 1.49. The minimum absolute atomic E-state index is 0.157. The van der Waals surface area contributed by atoms with Gasteiger partial charge in [0.25, 0.3) is 0 Å². The summed E-state index contributed by atoms with van der Waals surface area (Å²) in [6, 6.07) is 6.08. The van der Waals surface area contributed by atoms with Crippen LogP contribution in [-0.4, -0.2) is 34.6 Å². The summed E-state index contributed by atoms with van der Waals surface area (Å²) in [5.74, 6) is 0.438. The first-order valence-electron chi connectivity index (χ1n) is 7.59. The lowest BCUT2D eigenvalue weighted by Crippen LogP contribution is -2.39. The van der Waals surface area contributed by atoms with E-state index in [2.05, 4.69) is 41.3 Å². The number of anilines is 1. The third-order valence-corrected chi connectivity index (χ3v) is 4.04. The standard InChI is InChI=1S/C17H20N4O2/c1-11-8-12(2)14-5-7-21(10-13(14)9-11)17(22)20-15-4-6-18-16(19-15)23-3/h4,6,8-9H,5,7,10H2,1-3H3,(H,18,19,20,22). The molecule has 23 heavy (non-hydrogen) atoms. The van der Waals surface area contributed by atoms with Gasteiger partial charge in [-0.15, -0.1) is 0 Å². The van der Waals surface area contributed by atoms with Crippen LogP contribution in [0.25, 0.3) is 0 Å². The summed E-state index contributed by atoms with van der Waals surface area (Å²) in [4.78, 5) is 22.3.